The maximum absolute atomic E-state index is 11.8. The van der Waals surface area contributed by atoms with Crippen molar-refractivity contribution in [2.24, 2.45) is 5.41 Å². The van der Waals surface area contributed by atoms with E-state index in [1.54, 1.807) is 6.07 Å². The zero-order valence-electron chi connectivity index (χ0n) is 10.4. The van der Waals surface area contributed by atoms with Gasteiger partial charge in [0.1, 0.15) is 0 Å². The molecule has 1 aromatic rings. The Kier molecular flexibility index (Phi) is 3.58. The van der Waals surface area contributed by atoms with E-state index >= 15 is 0 Å². The molecular formula is C13H20N2O. The third kappa shape index (κ3) is 3.93. The predicted molar refractivity (Wildman–Crippen MR) is 67.4 cm³/mol. The van der Waals surface area contributed by atoms with E-state index in [-0.39, 0.29) is 11.3 Å². The monoisotopic (exact) mass is 220 g/mol. The molecule has 1 rings (SSSR count). The fourth-order valence-electron chi connectivity index (χ4n) is 1.39. The Bertz CT molecular complexity index is 371. The molecule has 0 heterocycles. The first-order valence-corrected chi connectivity index (χ1v) is 5.43. The van der Waals surface area contributed by atoms with Gasteiger partial charge in [0.25, 0.3) is 5.91 Å². The summed E-state index contributed by atoms with van der Waals surface area (Å²) in [7, 11) is 0. The van der Waals surface area contributed by atoms with E-state index in [1.807, 2.05) is 19.1 Å². The molecule has 3 heteroatoms. The van der Waals surface area contributed by atoms with Crippen LogP contribution in [0.4, 0.5) is 5.69 Å². The molecule has 0 aliphatic rings. The van der Waals surface area contributed by atoms with E-state index < -0.39 is 0 Å². The highest BCUT2D eigenvalue weighted by Gasteiger charge is 2.13. The number of nitrogens with two attached hydrogens (primary N) is 1. The van der Waals surface area contributed by atoms with Crippen LogP contribution in [0.1, 0.15) is 36.7 Å². The molecule has 0 aliphatic carbocycles. The van der Waals surface area contributed by atoms with Crippen LogP contribution in [0.25, 0.3) is 0 Å². The van der Waals surface area contributed by atoms with Crippen LogP contribution in [0, 0.1) is 12.3 Å². The standard InChI is InChI=1S/C13H20N2O/c1-9-5-10(7-11(14)6-9)12(16)15-8-13(2,3)4/h5-7H,8,14H2,1-4H3,(H,15,16). The van der Waals surface area contributed by atoms with Gasteiger partial charge < -0.3 is 11.1 Å². The van der Waals surface area contributed by atoms with Crippen LogP contribution >= 0.6 is 0 Å². The van der Waals surface area contributed by atoms with Crippen molar-refractivity contribution in [2.45, 2.75) is 27.7 Å². The summed E-state index contributed by atoms with van der Waals surface area (Å²) in [4.78, 5) is 11.8. The zero-order valence-corrected chi connectivity index (χ0v) is 10.4. The van der Waals surface area contributed by atoms with Crippen molar-refractivity contribution in [2.75, 3.05) is 12.3 Å². The minimum absolute atomic E-state index is 0.0645. The first-order chi connectivity index (χ1) is 7.28. The number of nitrogens with one attached hydrogen (secondary N) is 1. The molecule has 0 atom stereocenters. The first kappa shape index (κ1) is 12.6. The van der Waals surface area contributed by atoms with E-state index in [2.05, 4.69) is 26.1 Å². The molecule has 1 amide bonds. The Hall–Kier alpha value is -1.51. The van der Waals surface area contributed by atoms with Crippen LogP contribution in [0.3, 0.4) is 0 Å². The minimum atomic E-state index is -0.0645. The van der Waals surface area contributed by atoms with Gasteiger partial charge in [-0.1, -0.05) is 20.8 Å². The second kappa shape index (κ2) is 4.56. The Balaban J connectivity index is 2.73. The van der Waals surface area contributed by atoms with Crippen molar-refractivity contribution >= 4 is 11.6 Å². The van der Waals surface area contributed by atoms with E-state index in [4.69, 9.17) is 5.73 Å². The SMILES string of the molecule is Cc1cc(N)cc(C(=O)NCC(C)(C)C)c1. The smallest absolute Gasteiger partial charge is 0.251 e. The van der Waals surface area contributed by atoms with Crippen LogP contribution < -0.4 is 11.1 Å². The summed E-state index contributed by atoms with van der Waals surface area (Å²) in [5.74, 6) is -0.0645. The number of carbonyl (C=O) groups excluding carboxylic acids is 1. The van der Waals surface area contributed by atoms with Crippen molar-refractivity contribution in [1.29, 1.82) is 0 Å². The number of amides is 1. The Morgan fingerprint density at radius 1 is 1.31 bits per heavy atom. The average Bonchev–Trinajstić information content (AvgIpc) is 2.11. The lowest BCUT2D eigenvalue weighted by Crippen LogP contribution is -2.32. The van der Waals surface area contributed by atoms with Crippen molar-refractivity contribution < 1.29 is 4.79 Å². The van der Waals surface area contributed by atoms with Crippen molar-refractivity contribution in [3.05, 3.63) is 29.3 Å². The summed E-state index contributed by atoms with van der Waals surface area (Å²) in [6, 6.07) is 5.39. The molecule has 0 saturated heterocycles. The van der Waals surface area contributed by atoms with Crippen LogP contribution in [0.2, 0.25) is 0 Å². The topological polar surface area (TPSA) is 55.1 Å². The molecule has 88 valence electrons. The molecule has 3 N–H and O–H groups in total. The molecule has 0 fully saturated rings. The number of benzene rings is 1. The molecule has 0 bridgehead atoms. The Labute approximate surface area is 97.0 Å². The Morgan fingerprint density at radius 2 is 1.94 bits per heavy atom. The highest BCUT2D eigenvalue weighted by Crippen LogP contribution is 2.13. The quantitative estimate of drug-likeness (QED) is 0.752. The summed E-state index contributed by atoms with van der Waals surface area (Å²) in [5, 5.41) is 2.90. The van der Waals surface area contributed by atoms with Crippen molar-refractivity contribution in [1.82, 2.24) is 5.32 Å². The lowest BCUT2D eigenvalue weighted by Gasteiger charge is -2.18. The second-order valence-corrected chi connectivity index (χ2v) is 5.38. The maximum Gasteiger partial charge on any atom is 0.251 e. The lowest BCUT2D eigenvalue weighted by atomic mass is 9.97. The molecule has 0 saturated carbocycles. The number of nitrogen functional groups attached to an aromatic ring is 1. The summed E-state index contributed by atoms with van der Waals surface area (Å²) >= 11 is 0. The van der Waals surface area contributed by atoms with E-state index in [0.717, 1.165) is 5.56 Å². The van der Waals surface area contributed by atoms with Gasteiger partial charge in [-0.2, -0.15) is 0 Å². The normalized spacial score (nSPS) is 11.2. The summed E-state index contributed by atoms with van der Waals surface area (Å²) in [6.45, 7) is 8.82. The minimum Gasteiger partial charge on any atom is -0.399 e. The van der Waals surface area contributed by atoms with Gasteiger partial charge in [-0.25, -0.2) is 0 Å². The fraction of sp³-hybridized carbons (Fsp3) is 0.462. The van der Waals surface area contributed by atoms with E-state index in [1.165, 1.54) is 0 Å². The molecule has 0 aromatic heterocycles. The second-order valence-electron chi connectivity index (χ2n) is 5.38. The average molecular weight is 220 g/mol. The fourth-order valence-corrected chi connectivity index (χ4v) is 1.39. The highest BCUT2D eigenvalue weighted by atomic mass is 16.1. The summed E-state index contributed by atoms with van der Waals surface area (Å²) < 4.78 is 0. The summed E-state index contributed by atoms with van der Waals surface area (Å²) in [6.07, 6.45) is 0. The van der Waals surface area contributed by atoms with Gasteiger partial charge in [-0.15, -0.1) is 0 Å². The van der Waals surface area contributed by atoms with E-state index in [0.29, 0.717) is 17.8 Å². The van der Waals surface area contributed by atoms with Crippen LogP contribution in [-0.4, -0.2) is 12.5 Å². The number of carbonyl (C=O) groups is 1. The van der Waals surface area contributed by atoms with Crippen molar-refractivity contribution in [3.63, 3.8) is 0 Å². The highest BCUT2D eigenvalue weighted by molar-refractivity contribution is 5.95. The predicted octanol–water partition coefficient (Wildman–Crippen LogP) is 2.35. The summed E-state index contributed by atoms with van der Waals surface area (Å²) in [5.41, 5.74) is 8.04. The third-order valence-corrected chi connectivity index (χ3v) is 2.14. The van der Waals surface area contributed by atoms with E-state index in [9.17, 15) is 4.79 Å². The number of hydrogen-bond acceptors (Lipinski definition) is 2. The van der Waals surface area contributed by atoms with Crippen LogP contribution in [0.15, 0.2) is 18.2 Å². The Morgan fingerprint density at radius 3 is 2.44 bits per heavy atom. The molecule has 0 radical (unpaired) electrons. The van der Waals surface area contributed by atoms with Gasteiger partial charge in [-0.3, -0.25) is 4.79 Å². The van der Waals surface area contributed by atoms with Gasteiger partial charge in [0.2, 0.25) is 0 Å². The number of hydrogen-bond donors (Lipinski definition) is 2. The maximum atomic E-state index is 11.8. The third-order valence-electron chi connectivity index (χ3n) is 2.14. The van der Waals surface area contributed by atoms with Gasteiger partial charge >= 0.3 is 0 Å². The number of aryl methyl sites for hydroxylation is 1. The van der Waals surface area contributed by atoms with Gasteiger partial charge in [0.15, 0.2) is 0 Å². The van der Waals surface area contributed by atoms with Gasteiger partial charge in [-0.05, 0) is 36.1 Å². The largest absolute Gasteiger partial charge is 0.399 e. The molecular weight excluding hydrogens is 200 g/mol. The van der Waals surface area contributed by atoms with Crippen LogP contribution in [-0.2, 0) is 0 Å². The lowest BCUT2D eigenvalue weighted by molar-refractivity contribution is 0.0939. The first-order valence-electron chi connectivity index (χ1n) is 5.43. The zero-order chi connectivity index (χ0) is 12.3. The van der Waals surface area contributed by atoms with Crippen LogP contribution in [0.5, 0.6) is 0 Å². The number of anilines is 1. The molecule has 0 unspecified atom stereocenters. The molecule has 1 aromatic carbocycles. The molecule has 16 heavy (non-hydrogen) atoms. The molecule has 3 nitrogen and oxygen atoms in total. The van der Waals surface area contributed by atoms with Crippen molar-refractivity contribution in [3.8, 4) is 0 Å². The number of rotatable bonds is 2. The van der Waals surface area contributed by atoms with Gasteiger partial charge in [0.05, 0.1) is 0 Å². The molecule has 0 spiro atoms. The van der Waals surface area contributed by atoms with Gasteiger partial charge in [0, 0.05) is 17.8 Å². The molecule has 0 aliphatic heterocycles.